The van der Waals surface area contributed by atoms with Gasteiger partial charge in [-0.15, -0.1) is 0 Å². The van der Waals surface area contributed by atoms with E-state index in [2.05, 4.69) is 16.6 Å². The molecule has 1 amide bonds. The van der Waals surface area contributed by atoms with Gasteiger partial charge in [-0.1, -0.05) is 24.3 Å². The predicted molar refractivity (Wildman–Crippen MR) is 77.8 cm³/mol. The van der Waals surface area contributed by atoms with E-state index in [1.165, 1.54) is 12.1 Å². The monoisotopic (exact) mass is 296 g/mol. The van der Waals surface area contributed by atoms with E-state index in [1.54, 1.807) is 6.08 Å². The number of benzene rings is 1. The lowest BCUT2D eigenvalue weighted by Crippen LogP contribution is -2.24. The average Bonchev–Trinajstić information content (AvgIpc) is 2.41. The minimum absolute atomic E-state index is 0.00539. The number of hydrogen-bond acceptors (Lipinski definition) is 3. The number of nitrogens with two attached hydrogens (primary N) is 1. The fourth-order valence-corrected chi connectivity index (χ4v) is 1.65. The maximum absolute atomic E-state index is 14.0. The van der Waals surface area contributed by atoms with Crippen LogP contribution in [0.2, 0.25) is 0 Å². The standard InChI is InChI=1S/C15H18F2N2O2/c1-9(2)6-10(3)15(20)19-7-11-4-5-12(18)14(13(11)17)21-8-16/h4-6H,3,7-8,18H2,1-2H3,(H,19,20). The molecule has 0 fully saturated rings. The van der Waals surface area contributed by atoms with E-state index in [0.717, 1.165) is 5.57 Å². The normalized spacial score (nSPS) is 9.90. The van der Waals surface area contributed by atoms with Crippen molar-refractivity contribution in [3.63, 3.8) is 0 Å². The van der Waals surface area contributed by atoms with Crippen LogP contribution in [0.1, 0.15) is 19.4 Å². The highest BCUT2D eigenvalue weighted by molar-refractivity contribution is 5.95. The van der Waals surface area contributed by atoms with Gasteiger partial charge in [0.05, 0.1) is 5.69 Å². The molecule has 0 aliphatic heterocycles. The van der Waals surface area contributed by atoms with E-state index in [4.69, 9.17) is 5.73 Å². The molecule has 0 spiro atoms. The number of anilines is 1. The predicted octanol–water partition coefficient (Wildman–Crippen LogP) is 2.85. The van der Waals surface area contributed by atoms with Crippen LogP contribution in [0, 0.1) is 5.82 Å². The number of allylic oxidation sites excluding steroid dienone is 1. The minimum Gasteiger partial charge on any atom is -0.458 e. The van der Waals surface area contributed by atoms with Gasteiger partial charge in [0, 0.05) is 17.7 Å². The second kappa shape index (κ2) is 7.42. The second-order valence-electron chi connectivity index (χ2n) is 4.64. The van der Waals surface area contributed by atoms with Crippen molar-refractivity contribution >= 4 is 11.6 Å². The van der Waals surface area contributed by atoms with Crippen molar-refractivity contribution < 1.29 is 18.3 Å². The van der Waals surface area contributed by atoms with Gasteiger partial charge in [-0.25, -0.2) is 8.78 Å². The molecule has 3 N–H and O–H groups in total. The average molecular weight is 296 g/mol. The zero-order chi connectivity index (χ0) is 16.0. The van der Waals surface area contributed by atoms with Crippen molar-refractivity contribution in [1.29, 1.82) is 0 Å². The van der Waals surface area contributed by atoms with Crippen LogP contribution in [0.15, 0.2) is 35.9 Å². The molecule has 0 unspecified atom stereocenters. The van der Waals surface area contributed by atoms with Crippen molar-refractivity contribution in [3.8, 4) is 5.75 Å². The number of alkyl halides is 1. The number of nitrogens with one attached hydrogen (secondary N) is 1. The summed E-state index contributed by atoms with van der Waals surface area (Å²) in [7, 11) is 0. The summed E-state index contributed by atoms with van der Waals surface area (Å²) in [4.78, 5) is 11.7. The van der Waals surface area contributed by atoms with Gasteiger partial charge in [0.2, 0.25) is 6.86 Å². The van der Waals surface area contributed by atoms with Gasteiger partial charge in [-0.05, 0) is 19.9 Å². The third kappa shape index (κ3) is 4.59. The van der Waals surface area contributed by atoms with Crippen LogP contribution >= 0.6 is 0 Å². The molecule has 0 bridgehead atoms. The molecule has 0 heterocycles. The van der Waals surface area contributed by atoms with E-state index in [1.807, 2.05) is 13.8 Å². The summed E-state index contributed by atoms with van der Waals surface area (Å²) in [5.74, 6) is -1.56. The molecule has 0 aliphatic rings. The molecule has 4 nitrogen and oxygen atoms in total. The van der Waals surface area contributed by atoms with E-state index in [9.17, 15) is 13.6 Å². The Morgan fingerprint density at radius 3 is 2.71 bits per heavy atom. The molecular formula is C15H18F2N2O2. The molecule has 0 saturated heterocycles. The molecular weight excluding hydrogens is 278 g/mol. The van der Waals surface area contributed by atoms with Gasteiger partial charge < -0.3 is 15.8 Å². The lowest BCUT2D eigenvalue weighted by molar-refractivity contribution is -0.117. The Labute approximate surface area is 122 Å². The van der Waals surface area contributed by atoms with Crippen molar-refractivity contribution in [2.75, 3.05) is 12.6 Å². The van der Waals surface area contributed by atoms with Crippen LogP contribution in [0.4, 0.5) is 14.5 Å². The summed E-state index contributed by atoms with van der Waals surface area (Å²) in [5.41, 5.74) is 6.83. The largest absolute Gasteiger partial charge is 0.458 e. The first-order valence-corrected chi connectivity index (χ1v) is 6.24. The maximum Gasteiger partial charge on any atom is 0.250 e. The highest BCUT2D eigenvalue weighted by Crippen LogP contribution is 2.28. The molecule has 21 heavy (non-hydrogen) atoms. The quantitative estimate of drug-likeness (QED) is 0.482. The minimum atomic E-state index is -1.19. The third-order valence-corrected chi connectivity index (χ3v) is 2.60. The molecule has 0 saturated carbocycles. The Morgan fingerprint density at radius 2 is 2.14 bits per heavy atom. The fourth-order valence-electron chi connectivity index (χ4n) is 1.65. The molecule has 0 radical (unpaired) electrons. The lowest BCUT2D eigenvalue weighted by atomic mass is 10.1. The van der Waals surface area contributed by atoms with Crippen LogP contribution in [-0.2, 0) is 11.3 Å². The number of ether oxygens (including phenoxy) is 1. The van der Waals surface area contributed by atoms with Crippen molar-refractivity contribution in [3.05, 3.63) is 47.3 Å². The summed E-state index contributed by atoms with van der Waals surface area (Å²) < 4.78 is 30.7. The van der Waals surface area contributed by atoms with Crippen LogP contribution in [0.25, 0.3) is 0 Å². The first kappa shape index (κ1) is 16.7. The Balaban J connectivity index is 2.81. The number of rotatable bonds is 6. The number of carbonyl (C=O) groups excluding carboxylic acids is 1. The summed E-state index contributed by atoms with van der Waals surface area (Å²) in [6.45, 7) is 6.01. The van der Waals surface area contributed by atoms with Gasteiger partial charge in [-0.3, -0.25) is 4.79 Å². The number of amides is 1. The fraction of sp³-hybridized carbons (Fsp3) is 0.267. The van der Waals surface area contributed by atoms with Crippen LogP contribution in [-0.4, -0.2) is 12.8 Å². The zero-order valence-corrected chi connectivity index (χ0v) is 12.0. The molecule has 1 aromatic rings. The van der Waals surface area contributed by atoms with Crippen LogP contribution in [0.5, 0.6) is 5.75 Å². The summed E-state index contributed by atoms with van der Waals surface area (Å²) in [6, 6.07) is 2.79. The van der Waals surface area contributed by atoms with Gasteiger partial charge in [0.15, 0.2) is 11.6 Å². The van der Waals surface area contributed by atoms with Crippen LogP contribution in [0.3, 0.4) is 0 Å². The van der Waals surface area contributed by atoms with E-state index < -0.39 is 18.6 Å². The Kier molecular flexibility index (Phi) is 5.90. The van der Waals surface area contributed by atoms with E-state index >= 15 is 0 Å². The lowest BCUT2D eigenvalue weighted by Gasteiger charge is -2.11. The molecule has 1 rings (SSSR count). The van der Waals surface area contributed by atoms with Crippen molar-refractivity contribution in [2.45, 2.75) is 20.4 Å². The molecule has 1 aromatic carbocycles. The summed E-state index contributed by atoms with van der Waals surface area (Å²) >= 11 is 0. The maximum atomic E-state index is 14.0. The first-order chi connectivity index (χ1) is 9.86. The number of halogens is 2. The molecule has 114 valence electrons. The van der Waals surface area contributed by atoms with Gasteiger partial charge in [-0.2, -0.15) is 0 Å². The highest BCUT2D eigenvalue weighted by Gasteiger charge is 2.14. The third-order valence-electron chi connectivity index (χ3n) is 2.60. The molecule has 0 atom stereocenters. The highest BCUT2D eigenvalue weighted by atomic mass is 19.1. The number of hydrogen-bond donors (Lipinski definition) is 2. The zero-order valence-electron chi connectivity index (χ0n) is 12.0. The summed E-state index contributed by atoms with van der Waals surface area (Å²) in [6.07, 6.45) is 1.62. The number of nitrogen functional groups attached to an aromatic ring is 1. The van der Waals surface area contributed by atoms with Crippen LogP contribution < -0.4 is 15.8 Å². The smallest absolute Gasteiger partial charge is 0.250 e. The van der Waals surface area contributed by atoms with Gasteiger partial charge >= 0.3 is 0 Å². The first-order valence-electron chi connectivity index (χ1n) is 6.24. The Morgan fingerprint density at radius 1 is 1.48 bits per heavy atom. The van der Waals surface area contributed by atoms with Crippen molar-refractivity contribution in [2.24, 2.45) is 0 Å². The van der Waals surface area contributed by atoms with Gasteiger partial charge in [0.1, 0.15) is 0 Å². The summed E-state index contributed by atoms with van der Waals surface area (Å²) in [5, 5.41) is 2.52. The molecule has 0 aromatic heterocycles. The van der Waals surface area contributed by atoms with Gasteiger partial charge in [0.25, 0.3) is 5.91 Å². The van der Waals surface area contributed by atoms with E-state index in [-0.39, 0.29) is 29.1 Å². The topological polar surface area (TPSA) is 64.4 Å². The molecule has 0 aliphatic carbocycles. The molecule has 6 heteroatoms. The Hall–Kier alpha value is -2.37. The Bertz CT molecular complexity index is 579. The van der Waals surface area contributed by atoms with Crippen molar-refractivity contribution in [1.82, 2.24) is 5.32 Å². The number of carbonyl (C=O) groups is 1. The van der Waals surface area contributed by atoms with E-state index in [0.29, 0.717) is 0 Å². The SMILES string of the molecule is C=C(C=C(C)C)C(=O)NCc1ccc(N)c(OCF)c1F. The second-order valence-corrected chi connectivity index (χ2v) is 4.64.